The third kappa shape index (κ3) is 4.07. The first-order chi connectivity index (χ1) is 10.2. The predicted molar refractivity (Wildman–Crippen MR) is 84.7 cm³/mol. The van der Waals surface area contributed by atoms with E-state index in [1.807, 2.05) is 0 Å². The van der Waals surface area contributed by atoms with Crippen molar-refractivity contribution in [2.45, 2.75) is 45.7 Å². The lowest BCUT2D eigenvalue weighted by Crippen LogP contribution is -2.29. The molecule has 0 unspecified atom stereocenters. The van der Waals surface area contributed by atoms with Gasteiger partial charge in [0.05, 0.1) is 0 Å². The lowest BCUT2D eigenvalue weighted by atomic mass is 10.1. The van der Waals surface area contributed by atoms with E-state index < -0.39 is 0 Å². The fourth-order valence-electron chi connectivity index (χ4n) is 3.15. The van der Waals surface area contributed by atoms with Gasteiger partial charge < -0.3 is 5.32 Å². The van der Waals surface area contributed by atoms with Gasteiger partial charge in [-0.2, -0.15) is 0 Å². The molecule has 0 spiro atoms. The molecule has 0 radical (unpaired) electrons. The molecule has 1 heterocycles. The number of likely N-dealkylation sites (tertiary alicyclic amines) is 1. The van der Waals surface area contributed by atoms with E-state index in [4.69, 9.17) is 0 Å². The molecule has 114 valence electrons. The minimum atomic E-state index is 0.222. The number of nitrogens with zero attached hydrogens (tertiary/aromatic N) is 1. The number of carbonyl (C=O) groups is 1. The first-order valence-electron chi connectivity index (χ1n) is 8.30. The summed E-state index contributed by atoms with van der Waals surface area (Å²) in [6.45, 7) is 6.33. The molecule has 2 aliphatic rings. The van der Waals surface area contributed by atoms with Crippen molar-refractivity contribution in [3.8, 4) is 0 Å². The van der Waals surface area contributed by atoms with Crippen LogP contribution in [0.2, 0.25) is 0 Å². The minimum Gasteiger partial charge on any atom is -0.352 e. The number of nitrogens with one attached hydrogen (secondary N) is 1. The second-order valence-electron chi connectivity index (χ2n) is 6.69. The maximum Gasteiger partial charge on any atom is 0.223 e. The zero-order chi connectivity index (χ0) is 14.7. The molecule has 2 fully saturated rings. The van der Waals surface area contributed by atoms with Crippen LogP contribution in [-0.4, -0.2) is 23.9 Å². The van der Waals surface area contributed by atoms with E-state index in [0.717, 1.165) is 13.0 Å². The summed E-state index contributed by atoms with van der Waals surface area (Å²) in [7, 11) is 0. The normalized spacial score (nSPS) is 25.6. The van der Waals surface area contributed by atoms with Crippen LogP contribution in [-0.2, 0) is 17.9 Å². The zero-order valence-corrected chi connectivity index (χ0v) is 13.0. The summed E-state index contributed by atoms with van der Waals surface area (Å²) in [6, 6.07) is 8.71. The van der Waals surface area contributed by atoms with Crippen molar-refractivity contribution in [1.82, 2.24) is 10.2 Å². The number of benzene rings is 1. The third-order valence-corrected chi connectivity index (χ3v) is 4.79. The number of hydrogen-bond acceptors (Lipinski definition) is 2. The summed E-state index contributed by atoms with van der Waals surface area (Å²) in [6.07, 6.45) is 5.11. The van der Waals surface area contributed by atoms with Crippen molar-refractivity contribution >= 4 is 5.91 Å². The highest BCUT2D eigenvalue weighted by atomic mass is 16.2. The molecule has 21 heavy (non-hydrogen) atoms. The summed E-state index contributed by atoms with van der Waals surface area (Å²) in [5.74, 6) is 1.07. The van der Waals surface area contributed by atoms with Crippen LogP contribution in [0.3, 0.4) is 0 Å². The lowest BCUT2D eigenvalue weighted by Gasteiger charge is -2.26. The first-order valence-corrected chi connectivity index (χ1v) is 8.30. The number of amides is 1. The van der Waals surface area contributed by atoms with Crippen molar-refractivity contribution < 1.29 is 4.79 Å². The Bertz CT molecular complexity index is 476. The molecule has 1 aromatic rings. The molecule has 0 aromatic heterocycles. The van der Waals surface area contributed by atoms with E-state index in [-0.39, 0.29) is 11.8 Å². The quantitative estimate of drug-likeness (QED) is 0.902. The van der Waals surface area contributed by atoms with Crippen LogP contribution < -0.4 is 5.32 Å². The van der Waals surface area contributed by atoms with Crippen LogP contribution in [0.15, 0.2) is 24.3 Å². The molecule has 0 bridgehead atoms. The van der Waals surface area contributed by atoms with Crippen LogP contribution in [0, 0.1) is 11.8 Å². The Hall–Kier alpha value is -1.35. The molecule has 1 saturated heterocycles. The SMILES string of the molecule is C[C@H]1C[C@@H]1C(=O)NCc1ccc(CN2CCCCC2)cc1. The van der Waals surface area contributed by atoms with Crippen LogP contribution in [0.5, 0.6) is 0 Å². The number of hydrogen-bond donors (Lipinski definition) is 1. The molecule has 1 aromatic carbocycles. The molecular weight excluding hydrogens is 260 g/mol. The smallest absolute Gasteiger partial charge is 0.223 e. The minimum absolute atomic E-state index is 0.222. The Morgan fingerprint density at radius 3 is 2.38 bits per heavy atom. The van der Waals surface area contributed by atoms with Gasteiger partial charge in [-0.1, -0.05) is 37.6 Å². The van der Waals surface area contributed by atoms with Gasteiger partial charge in [-0.3, -0.25) is 9.69 Å². The molecule has 1 N–H and O–H groups in total. The highest BCUT2D eigenvalue weighted by molar-refractivity contribution is 5.81. The molecule has 3 rings (SSSR count). The number of carbonyl (C=O) groups excluding carboxylic acids is 1. The van der Waals surface area contributed by atoms with E-state index in [9.17, 15) is 4.79 Å². The first kappa shape index (κ1) is 14.6. The van der Waals surface area contributed by atoms with Crippen molar-refractivity contribution in [1.29, 1.82) is 0 Å². The Morgan fingerprint density at radius 1 is 1.14 bits per heavy atom. The molecule has 1 aliphatic carbocycles. The fourth-order valence-corrected chi connectivity index (χ4v) is 3.15. The van der Waals surface area contributed by atoms with Crippen molar-refractivity contribution in [2.75, 3.05) is 13.1 Å². The lowest BCUT2D eigenvalue weighted by molar-refractivity contribution is -0.122. The molecule has 3 nitrogen and oxygen atoms in total. The van der Waals surface area contributed by atoms with Crippen molar-refractivity contribution in [3.63, 3.8) is 0 Å². The van der Waals surface area contributed by atoms with Gasteiger partial charge in [0.15, 0.2) is 0 Å². The molecule has 1 amide bonds. The van der Waals surface area contributed by atoms with Crippen LogP contribution in [0.4, 0.5) is 0 Å². The van der Waals surface area contributed by atoms with Gasteiger partial charge >= 0.3 is 0 Å². The standard InChI is InChI=1S/C18H26N2O/c1-14-11-17(14)18(21)19-12-15-5-7-16(8-6-15)13-20-9-3-2-4-10-20/h5-8,14,17H,2-4,9-13H2,1H3,(H,19,21)/t14-,17-/m0/s1. The maximum atomic E-state index is 11.8. The van der Waals surface area contributed by atoms with Gasteiger partial charge in [0.2, 0.25) is 5.91 Å². The Labute approximate surface area is 127 Å². The van der Waals surface area contributed by atoms with Gasteiger partial charge in [0, 0.05) is 19.0 Å². The molecule has 2 atom stereocenters. The Kier molecular flexibility index (Phi) is 4.59. The van der Waals surface area contributed by atoms with E-state index >= 15 is 0 Å². The second kappa shape index (κ2) is 6.61. The Morgan fingerprint density at radius 2 is 1.76 bits per heavy atom. The van der Waals surface area contributed by atoms with E-state index in [1.54, 1.807) is 0 Å². The van der Waals surface area contributed by atoms with E-state index in [2.05, 4.69) is 41.4 Å². The van der Waals surface area contributed by atoms with Gasteiger partial charge in [-0.25, -0.2) is 0 Å². The van der Waals surface area contributed by atoms with Crippen LogP contribution in [0.1, 0.15) is 43.7 Å². The average Bonchev–Trinajstić information content (AvgIpc) is 3.24. The van der Waals surface area contributed by atoms with Crippen molar-refractivity contribution in [2.24, 2.45) is 11.8 Å². The van der Waals surface area contributed by atoms with Gasteiger partial charge in [0.1, 0.15) is 0 Å². The average molecular weight is 286 g/mol. The number of rotatable bonds is 5. The van der Waals surface area contributed by atoms with Crippen molar-refractivity contribution in [3.05, 3.63) is 35.4 Å². The maximum absolute atomic E-state index is 11.8. The summed E-state index contributed by atoms with van der Waals surface area (Å²) >= 11 is 0. The van der Waals surface area contributed by atoms with E-state index in [1.165, 1.54) is 43.5 Å². The molecule has 1 aliphatic heterocycles. The van der Waals surface area contributed by atoms with Crippen LogP contribution >= 0.6 is 0 Å². The summed E-state index contributed by atoms with van der Waals surface area (Å²) < 4.78 is 0. The summed E-state index contributed by atoms with van der Waals surface area (Å²) in [4.78, 5) is 14.3. The summed E-state index contributed by atoms with van der Waals surface area (Å²) in [5, 5.41) is 3.04. The van der Waals surface area contributed by atoms with E-state index in [0.29, 0.717) is 12.5 Å². The highest BCUT2D eigenvalue weighted by Crippen LogP contribution is 2.37. The second-order valence-corrected chi connectivity index (χ2v) is 6.69. The van der Waals surface area contributed by atoms with Gasteiger partial charge in [-0.15, -0.1) is 0 Å². The topological polar surface area (TPSA) is 32.3 Å². The predicted octanol–water partition coefficient (Wildman–Crippen LogP) is 2.94. The Balaban J connectivity index is 1.46. The van der Waals surface area contributed by atoms with Gasteiger partial charge in [0.25, 0.3) is 0 Å². The third-order valence-electron chi connectivity index (χ3n) is 4.79. The molecule has 1 saturated carbocycles. The highest BCUT2D eigenvalue weighted by Gasteiger charge is 2.38. The number of piperidine rings is 1. The summed E-state index contributed by atoms with van der Waals surface area (Å²) in [5.41, 5.74) is 2.57. The molecular formula is C18H26N2O. The van der Waals surface area contributed by atoms with Gasteiger partial charge in [-0.05, 0) is 49.4 Å². The molecule has 3 heteroatoms. The largest absolute Gasteiger partial charge is 0.352 e. The zero-order valence-electron chi connectivity index (χ0n) is 13.0. The fraction of sp³-hybridized carbons (Fsp3) is 0.611. The monoisotopic (exact) mass is 286 g/mol. The van der Waals surface area contributed by atoms with Crippen LogP contribution in [0.25, 0.3) is 0 Å².